The summed E-state index contributed by atoms with van der Waals surface area (Å²) in [5, 5.41) is 2.84. The van der Waals surface area contributed by atoms with Crippen molar-refractivity contribution in [3.63, 3.8) is 0 Å². The molecule has 0 spiro atoms. The highest BCUT2D eigenvalue weighted by atomic mass is 19.1. The number of ketones is 1. The van der Waals surface area contributed by atoms with Gasteiger partial charge in [-0.25, -0.2) is 9.37 Å². The number of ether oxygens (including phenoxy) is 1. The number of hydrogen-bond donors (Lipinski definition) is 1. The van der Waals surface area contributed by atoms with Crippen LogP contribution < -0.4 is 10.1 Å². The zero-order valence-corrected chi connectivity index (χ0v) is 15.6. The summed E-state index contributed by atoms with van der Waals surface area (Å²) in [7, 11) is 1.80. The third kappa shape index (κ3) is 4.62. The summed E-state index contributed by atoms with van der Waals surface area (Å²) >= 11 is 0. The van der Waals surface area contributed by atoms with Crippen molar-refractivity contribution < 1.29 is 18.7 Å². The maximum Gasteiger partial charge on any atom is 0.258 e. The Morgan fingerprint density at radius 2 is 1.96 bits per heavy atom. The molecule has 28 heavy (non-hydrogen) atoms. The van der Waals surface area contributed by atoms with E-state index in [-0.39, 0.29) is 18.3 Å². The Morgan fingerprint density at radius 3 is 2.57 bits per heavy atom. The van der Waals surface area contributed by atoms with Gasteiger partial charge in [0.05, 0.1) is 0 Å². The third-order valence-electron chi connectivity index (χ3n) is 4.23. The molecular formula is C21H20FN3O3. The van der Waals surface area contributed by atoms with Crippen molar-refractivity contribution in [2.45, 2.75) is 13.0 Å². The second-order valence-electron chi connectivity index (χ2n) is 6.32. The number of benzene rings is 2. The average molecular weight is 381 g/mol. The van der Waals surface area contributed by atoms with Gasteiger partial charge < -0.3 is 14.6 Å². The van der Waals surface area contributed by atoms with Crippen molar-refractivity contribution in [2.24, 2.45) is 7.05 Å². The Labute approximate surface area is 162 Å². The van der Waals surface area contributed by atoms with Gasteiger partial charge in [-0.2, -0.15) is 0 Å². The van der Waals surface area contributed by atoms with Crippen LogP contribution in [0.2, 0.25) is 0 Å². The van der Waals surface area contributed by atoms with Crippen molar-refractivity contribution in [3.05, 3.63) is 83.7 Å². The molecule has 1 aromatic heterocycles. The van der Waals surface area contributed by atoms with Gasteiger partial charge in [-0.3, -0.25) is 9.59 Å². The molecule has 0 aliphatic rings. The molecule has 0 saturated carbocycles. The van der Waals surface area contributed by atoms with Crippen LogP contribution in [0.1, 0.15) is 34.7 Å². The molecule has 3 rings (SSSR count). The lowest BCUT2D eigenvalue weighted by molar-refractivity contribution is -0.123. The normalized spacial score (nSPS) is 11.7. The van der Waals surface area contributed by atoms with Crippen LogP contribution in [0, 0.1) is 5.82 Å². The molecular weight excluding hydrogens is 361 g/mol. The van der Waals surface area contributed by atoms with Gasteiger partial charge in [0.15, 0.2) is 12.4 Å². The first-order valence-electron chi connectivity index (χ1n) is 8.70. The molecule has 0 aliphatic heterocycles. The SMILES string of the molecule is CC(=O)c1ccc(OCC(=O)N[C@@H](c2cccc(F)c2)c2nccn2C)cc1. The molecule has 1 N–H and O–H groups in total. The molecule has 1 heterocycles. The fraction of sp³-hybridized carbons (Fsp3) is 0.190. The molecule has 3 aromatic rings. The Hall–Kier alpha value is -3.48. The number of Topliss-reactive ketones (excluding diaryl/α,β-unsaturated/α-hetero) is 1. The lowest BCUT2D eigenvalue weighted by Gasteiger charge is -2.19. The predicted octanol–water partition coefficient (Wildman–Crippen LogP) is 3.05. The van der Waals surface area contributed by atoms with Gasteiger partial charge in [0, 0.05) is 25.0 Å². The van der Waals surface area contributed by atoms with E-state index in [0.29, 0.717) is 22.7 Å². The standard InChI is InChI=1S/C21H20FN3O3/c1-14(26)15-6-8-18(9-7-15)28-13-19(27)24-20(21-23-10-11-25(21)2)16-4-3-5-17(22)12-16/h3-12,20H,13H2,1-2H3,(H,24,27)/t20-/m0/s1. The average Bonchev–Trinajstić information content (AvgIpc) is 3.10. The van der Waals surface area contributed by atoms with Crippen LogP contribution in [0.5, 0.6) is 5.75 Å². The molecule has 6 nitrogen and oxygen atoms in total. The Bertz CT molecular complexity index is 983. The van der Waals surface area contributed by atoms with E-state index in [2.05, 4.69) is 10.3 Å². The zero-order valence-electron chi connectivity index (χ0n) is 15.6. The lowest BCUT2D eigenvalue weighted by Crippen LogP contribution is -2.34. The van der Waals surface area contributed by atoms with Gasteiger partial charge in [0.1, 0.15) is 23.4 Å². The number of carbonyl (C=O) groups is 2. The van der Waals surface area contributed by atoms with Crippen LogP contribution >= 0.6 is 0 Å². The first-order chi connectivity index (χ1) is 13.4. The molecule has 0 aliphatic carbocycles. The van der Waals surface area contributed by atoms with Gasteiger partial charge in [0.25, 0.3) is 5.91 Å². The van der Waals surface area contributed by atoms with Crippen LogP contribution in [0.4, 0.5) is 4.39 Å². The zero-order chi connectivity index (χ0) is 20.1. The van der Waals surface area contributed by atoms with Gasteiger partial charge >= 0.3 is 0 Å². The minimum Gasteiger partial charge on any atom is -0.484 e. The number of halogens is 1. The maximum absolute atomic E-state index is 13.7. The van der Waals surface area contributed by atoms with Crippen molar-refractivity contribution in [2.75, 3.05) is 6.61 Å². The molecule has 0 fully saturated rings. The van der Waals surface area contributed by atoms with E-state index in [4.69, 9.17) is 4.74 Å². The predicted molar refractivity (Wildman–Crippen MR) is 102 cm³/mol. The number of amides is 1. The smallest absolute Gasteiger partial charge is 0.258 e. The number of carbonyl (C=O) groups excluding carboxylic acids is 2. The number of aryl methyl sites for hydroxylation is 1. The highest BCUT2D eigenvalue weighted by Crippen LogP contribution is 2.21. The first-order valence-corrected chi connectivity index (χ1v) is 8.70. The molecule has 1 atom stereocenters. The van der Waals surface area contributed by atoms with E-state index >= 15 is 0 Å². The Kier molecular flexibility index (Phi) is 5.84. The van der Waals surface area contributed by atoms with E-state index in [0.717, 1.165) is 0 Å². The van der Waals surface area contributed by atoms with Crippen molar-refractivity contribution in [1.82, 2.24) is 14.9 Å². The van der Waals surface area contributed by atoms with Gasteiger partial charge in [-0.15, -0.1) is 0 Å². The summed E-state index contributed by atoms with van der Waals surface area (Å²) in [4.78, 5) is 28.0. The maximum atomic E-state index is 13.7. The van der Waals surface area contributed by atoms with Crippen LogP contribution in [-0.2, 0) is 11.8 Å². The summed E-state index contributed by atoms with van der Waals surface area (Å²) in [5.74, 6) is 0.224. The van der Waals surface area contributed by atoms with Crippen LogP contribution in [-0.4, -0.2) is 27.8 Å². The number of imidazole rings is 1. The molecule has 7 heteroatoms. The Balaban J connectivity index is 1.71. The van der Waals surface area contributed by atoms with Gasteiger partial charge in [0.2, 0.25) is 0 Å². The number of aromatic nitrogens is 2. The first kappa shape index (κ1) is 19.3. The van der Waals surface area contributed by atoms with E-state index in [1.165, 1.54) is 19.1 Å². The molecule has 0 radical (unpaired) electrons. The van der Waals surface area contributed by atoms with Crippen molar-refractivity contribution in [1.29, 1.82) is 0 Å². The van der Waals surface area contributed by atoms with E-state index in [1.807, 2.05) is 0 Å². The summed E-state index contributed by atoms with van der Waals surface area (Å²) in [5.41, 5.74) is 1.14. The minimum atomic E-state index is -0.619. The molecule has 144 valence electrons. The summed E-state index contributed by atoms with van der Waals surface area (Å²) in [6.45, 7) is 1.25. The fourth-order valence-electron chi connectivity index (χ4n) is 2.78. The van der Waals surface area contributed by atoms with Crippen LogP contribution in [0.3, 0.4) is 0 Å². The molecule has 0 unspecified atom stereocenters. The van der Waals surface area contributed by atoms with Gasteiger partial charge in [-0.05, 0) is 48.9 Å². The monoisotopic (exact) mass is 381 g/mol. The summed E-state index contributed by atoms with van der Waals surface area (Å²) in [6, 6.07) is 11.9. The number of nitrogens with one attached hydrogen (secondary N) is 1. The van der Waals surface area contributed by atoms with E-state index in [1.54, 1.807) is 60.4 Å². The fourth-order valence-corrected chi connectivity index (χ4v) is 2.78. The van der Waals surface area contributed by atoms with E-state index in [9.17, 15) is 14.0 Å². The quantitative estimate of drug-likeness (QED) is 0.639. The third-order valence-corrected chi connectivity index (χ3v) is 4.23. The van der Waals surface area contributed by atoms with Crippen LogP contribution in [0.15, 0.2) is 60.9 Å². The molecule has 2 aromatic carbocycles. The molecule has 0 bridgehead atoms. The minimum absolute atomic E-state index is 0.0442. The number of hydrogen-bond acceptors (Lipinski definition) is 4. The van der Waals surface area contributed by atoms with Crippen molar-refractivity contribution >= 4 is 11.7 Å². The Morgan fingerprint density at radius 1 is 1.21 bits per heavy atom. The second-order valence-corrected chi connectivity index (χ2v) is 6.32. The summed E-state index contributed by atoms with van der Waals surface area (Å²) < 4.78 is 20.9. The second kappa shape index (κ2) is 8.47. The highest BCUT2D eigenvalue weighted by molar-refractivity contribution is 5.94. The van der Waals surface area contributed by atoms with Crippen molar-refractivity contribution in [3.8, 4) is 5.75 Å². The van der Waals surface area contributed by atoms with Gasteiger partial charge in [-0.1, -0.05) is 12.1 Å². The van der Waals surface area contributed by atoms with Crippen LogP contribution in [0.25, 0.3) is 0 Å². The molecule has 0 saturated heterocycles. The molecule has 1 amide bonds. The lowest BCUT2D eigenvalue weighted by atomic mass is 10.1. The van der Waals surface area contributed by atoms with E-state index < -0.39 is 11.9 Å². The number of nitrogens with zero attached hydrogens (tertiary/aromatic N) is 2. The highest BCUT2D eigenvalue weighted by Gasteiger charge is 2.21. The largest absolute Gasteiger partial charge is 0.484 e. The number of rotatable bonds is 7. The summed E-state index contributed by atoms with van der Waals surface area (Å²) in [6.07, 6.45) is 3.36. The topological polar surface area (TPSA) is 73.2 Å².